The van der Waals surface area contributed by atoms with Gasteiger partial charge in [-0.15, -0.1) is 0 Å². The molecule has 17 heavy (non-hydrogen) atoms. The zero-order valence-electron chi connectivity index (χ0n) is 10.3. The minimum absolute atomic E-state index is 0.0972. The lowest BCUT2D eigenvalue weighted by atomic mass is 10.0. The van der Waals surface area contributed by atoms with Gasteiger partial charge in [-0.25, -0.2) is 0 Å². The number of aliphatic hydroxyl groups excluding tert-OH is 2. The van der Waals surface area contributed by atoms with Gasteiger partial charge in [0.15, 0.2) is 6.29 Å². The maximum absolute atomic E-state index is 11.0. The summed E-state index contributed by atoms with van der Waals surface area (Å²) in [5, 5.41) is 19.1. The third-order valence-electron chi connectivity index (χ3n) is 2.74. The monoisotopic (exact) mass is 248 g/mol. The van der Waals surface area contributed by atoms with Gasteiger partial charge < -0.3 is 24.4 Å². The number of methoxy groups -OCH3 is 1. The van der Waals surface area contributed by atoms with Crippen LogP contribution in [0, 0.1) is 0 Å². The summed E-state index contributed by atoms with van der Waals surface area (Å²) in [5.74, 6) is -0.379. The van der Waals surface area contributed by atoms with Crippen LogP contribution in [0.25, 0.3) is 0 Å². The normalized spacial score (nSPS) is 35.4. The molecule has 1 aliphatic heterocycles. The van der Waals surface area contributed by atoms with Crippen molar-refractivity contribution >= 4 is 5.97 Å². The first-order chi connectivity index (χ1) is 7.93. The molecule has 100 valence electrons. The Morgan fingerprint density at radius 1 is 1.47 bits per heavy atom. The fourth-order valence-electron chi connectivity index (χ4n) is 1.66. The summed E-state index contributed by atoms with van der Waals surface area (Å²) >= 11 is 0. The fourth-order valence-corrected chi connectivity index (χ4v) is 1.66. The Bertz CT molecular complexity index is 256. The molecule has 2 N–H and O–H groups in total. The molecule has 0 saturated carbocycles. The molecule has 0 aromatic rings. The quantitative estimate of drug-likeness (QED) is 0.671. The second-order valence-corrected chi connectivity index (χ2v) is 4.31. The first kappa shape index (κ1) is 14.4. The average molecular weight is 248 g/mol. The minimum Gasteiger partial charge on any atom is -0.469 e. The molecular weight excluding hydrogens is 228 g/mol. The number of carbonyl (C=O) groups is 1. The van der Waals surface area contributed by atoms with E-state index in [-0.39, 0.29) is 18.8 Å². The molecule has 1 aliphatic rings. The minimum atomic E-state index is -0.888. The van der Waals surface area contributed by atoms with Gasteiger partial charge in [0.2, 0.25) is 0 Å². The van der Waals surface area contributed by atoms with E-state index in [1.807, 2.05) is 0 Å². The molecule has 2 unspecified atom stereocenters. The van der Waals surface area contributed by atoms with Crippen molar-refractivity contribution in [1.29, 1.82) is 0 Å². The highest BCUT2D eigenvalue weighted by Gasteiger charge is 2.35. The van der Waals surface area contributed by atoms with E-state index in [1.165, 1.54) is 7.11 Å². The van der Waals surface area contributed by atoms with Gasteiger partial charge in [0.05, 0.1) is 31.8 Å². The van der Waals surface area contributed by atoms with Crippen LogP contribution in [0.5, 0.6) is 0 Å². The summed E-state index contributed by atoms with van der Waals surface area (Å²) in [6, 6.07) is 0. The predicted octanol–water partition coefficient (Wildman–Crippen LogP) is -0.189. The van der Waals surface area contributed by atoms with Crippen LogP contribution in [-0.2, 0) is 19.0 Å². The van der Waals surface area contributed by atoms with Crippen LogP contribution in [0.15, 0.2) is 0 Å². The van der Waals surface area contributed by atoms with Crippen molar-refractivity contribution < 1.29 is 29.2 Å². The predicted molar refractivity (Wildman–Crippen MR) is 58.1 cm³/mol. The van der Waals surface area contributed by atoms with Crippen LogP contribution in [0.3, 0.4) is 0 Å². The van der Waals surface area contributed by atoms with Crippen molar-refractivity contribution in [3.8, 4) is 0 Å². The lowest BCUT2D eigenvalue weighted by Gasteiger charge is -2.36. The summed E-state index contributed by atoms with van der Waals surface area (Å²) in [7, 11) is 1.31. The van der Waals surface area contributed by atoms with Gasteiger partial charge in [-0.2, -0.15) is 0 Å². The van der Waals surface area contributed by atoms with Gasteiger partial charge in [0.1, 0.15) is 6.10 Å². The van der Waals surface area contributed by atoms with Gasteiger partial charge in [-0.05, 0) is 13.8 Å². The van der Waals surface area contributed by atoms with E-state index in [9.17, 15) is 15.0 Å². The van der Waals surface area contributed by atoms with Gasteiger partial charge in [0.25, 0.3) is 0 Å². The number of ether oxygens (including phenoxy) is 3. The first-order valence-corrected chi connectivity index (χ1v) is 5.68. The van der Waals surface area contributed by atoms with Crippen LogP contribution >= 0.6 is 0 Å². The molecule has 0 spiro atoms. The number of hydrogen-bond donors (Lipinski definition) is 2. The molecular formula is C11H20O6. The van der Waals surface area contributed by atoms with Crippen LogP contribution < -0.4 is 0 Å². The van der Waals surface area contributed by atoms with E-state index >= 15 is 0 Å². The number of hydrogen-bond acceptors (Lipinski definition) is 6. The zero-order valence-corrected chi connectivity index (χ0v) is 10.3. The van der Waals surface area contributed by atoms with Crippen molar-refractivity contribution in [1.82, 2.24) is 0 Å². The van der Waals surface area contributed by atoms with Crippen molar-refractivity contribution in [2.45, 2.75) is 57.4 Å². The molecule has 5 atom stereocenters. The molecule has 6 nitrogen and oxygen atoms in total. The second-order valence-electron chi connectivity index (χ2n) is 4.31. The van der Waals surface area contributed by atoms with Crippen LogP contribution in [0.1, 0.15) is 26.7 Å². The van der Waals surface area contributed by atoms with E-state index in [0.29, 0.717) is 0 Å². The summed E-state index contributed by atoms with van der Waals surface area (Å²) in [6.07, 6.45) is -2.90. The van der Waals surface area contributed by atoms with Crippen molar-refractivity contribution in [3.63, 3.8) is 0 Å². The number of esters is 1. The Labute approximate surface area is 100 Å². The average Bonchev–Trinajstić information content (AvgIpc) is 2.25. The Balaban J connectivity index is 2.42. The molecule has 0 radical (unpaired) electrons. The second kappa shape index (κ2) is 6.30. The van der Waals surface area contributed by atoms with Crippen LogP contribution in [0.4, 0.5) is 0 Å². The molecule has 0 bridgehead atoms. The summed E-state index contributed by atoms with van der Waals surface area (Å²) in [4.78, 5) is 11.0. The first-order valence-electron chi connectivity index (χ1n) is 5.68. The molecule has 1 rings (SSSR count). The highest BCUT2D eigenvalue weighted by Crippen LogP contribution is 2.22. The number of rotatable bonds is 4. The lowest BCUT2D eigenvalue weighted by Crippen LogP contribution is -2.48. The highest BCUT2D eigenvalue weighted by atomic mass is 16.7. The molecule has 1 fully saturated rings. The molecule has 0 aliphatic carbocycles. The SMILES string of the molecule is COC(=O)C[C@H](C)O[C@@H]1OC(C)[C@H](O)CC1O. The van der Waals surface area contributed by atoms with Gasteiger partial charge in [0, 0.05) is 6.42 Å². The van der Waals surface area contributed by atoms with Crippen LogP contribution in [0.2, 0.25) is 0 Å². The summed E-state index contributed by atoms with van der Waals surface area (Å²) < 4.78 is 15.2. The molecule has 0 aromatic heterocycles. The summed E-state index contributed by atoms with van der Waals surface area (Å²) in [5.41, 5.74) is 0. The van der Waals surface area contributed by atoms with Crippen LogP contribution in [-0.4, -0.2) is 54.0 Å². The van der Waals surface area contributed by atoms with Gasteiger partial charge in [-0.3, -0.25) is 4.79 Å². The van der Waals surface area contributed by atoms with Crippen molar-refractivity contribution in [3.05, 3.63) is 0 Å². The van der Waals surface area contributed by atoms with Gasteiger partial charge in [-0.1, -0.05) is 0 Å². The topological polar surface area (TPSA) is 85.2 Å². The van der Waals surface area contributed by atoms with Gasteiger partial charge >= 0.3 is 5.97 Å². The molecule has 1 saturated heterocycles. The Morgan fingerprint density at radius 2 is 2.12 bits per heavy atom. The molecule has 0 aromatic carbocycles. The van der Waals surface area contributed by atoms with E-state index in [0.717, 1.165) is 0 Å². The molecule has 1 heterocycles. The van der Waals surface area contributed by atoms with E-state index in [4.69, 9.17) is 9.47 Å². The van der Waals surface area contributed by atoms with Crippen molar-refractivity contribution in [2.75, 3.05) is 7.11 Å². The standard InChI is InChI=1S/C11H20O6/c1-6(4-10(14)15-3)16-11-9(13)5-8(12)7(2)17-11/h6-9,11-13H,4-5H2,1-3H3/t6-,7?,8+,9?,11+/m0/s1. The third-order valence-corrected chi connectivity index (χ3v) is 2.74. The maximum atomic E-state index is 11.0. The zero-order chi connectivity index (χ0) is 13.0. The van der Waals surface area contributed by atoms with E-state index < -0.39 is 30.7 Å². The van der Waals surface area contributed by atoms with Crippen molar-refractivity contribution in [2.24, 2.45) is 0 Å². The summed E-state index contributed by atoms with van der Waals surface area (Å²) in [6.45, 7) is 3.40. The Hall–Kier alpha value is -0.690. The maximum Gasteiger partial charge on any atom is 0.308 e. The highest BCUT2D eigenvalue weighted by molar-refractivity contribution is 5.69. The van der Waals surface area contributed by atoms with E-state index in [2.05, 4.69) is 4.74 Å². The molecule has 0 amide bonds. The molecule has 6 heteroatoms. The number of carbonyl (C=O) groups excluding carboxylic acids is 1. The lowest BCUT2D eigenvalue weighted by molar-refractivity contribution is -0.273. The smallest absolute Gasteiger partial charge is 0.308 e. The Kier molecular flexibility index (Phi) is 5.32. The largest absolute Gasteiger partial charge is 0.469 e. The fraction of sp³-hybridized carbons (Fsp3) is 0.909. The Morgan fingerprint density at radius 3 is 2.71 bits per heavy atom. The number of aliphatic hydroxyl groups is 2. The van der Waals surface area contributed by atoms with E-state index in [1.54, 1.807) is 13.8 Å². The third kappa shape index (κ3) is 4.23.